The summed E-state index contributed by atoms with van der Waals surface area (Å²) in [7, 11) is 1.16. The molecule has 0 unspecified atom stereocenters. The lowest BCUT2D eigenvalue weighted by molar-refractivity contribution is -0.150. The summed E-state index contributed by atoms with van der Waals surface area (Å²) in [5.74, 6) is 0.427. The Hall–Kier alpha value is -3.79. The second kappa shape index (κ2) is 14.4. The molecule has 3 aromatic rings. The predicted octanol–water partition coefficient (Wildman–Crippen LogP) is 3.93. The quantitative estimate of drug-likeness (QED) is 0.293. The van der Waals surface area contributed by atoms with Gasteiger partial charge in [-0.2, -0.15) is 12.7 Å². The number of likely N-dealkylation sites (tertiary alicyclic amines) is 2. The number of aryl methyl sites for hydroxylation is 1. The maximum absolute atomic E-state index is 13.0. The molecule has 50 heavy (non-hydrogen) atoms. The average molecular weight is 713 g/mol. The summed E-state index contributed by atoms with van der Waals surface area (Å²) in [4.78, 5) is 40.5. The molecule has 15 heteroatoms. The Labute approximate surface area is 295 Å². The zero-order valence-corrected chi connectivity index (χ0v) is 31.2. The molecule has 2 aromatic heterocycles. The van der Waals surface area contributed by atoms with Crippen molar-refractivity contribution in [2.45, 2.75) is 90.7 Å². The number of piperidine rings is 1. The number of carbonyl (C=O) groups is 2. The van der Waals surface area contributed by atoms with Gasteiger partial charge in [0.05, 0.1) is 13.1 Å². The van der Waals surface area contributed by atoms with E-state index in [9.17, 15) is 23.1 Å². The fourth-order valence-electron chi connectivity index (χ4n) is 7.25. The maximum atomic E-state index is 13.0. The summed E-state index contributed by atoms with van der Waals surface area (Å²) >= 11 is 0. The fraction of sp³-hybridized carbons (Fsp3) is 0.600. The van der Waals surface area contributed by atoms with Gasteiger partial charge in [-0.15, -0.1) is 0 Å². The fourth-order valence-corrected chi connectivity index (χ4v) is 8.18. The number of aromatic nitrogens is 4. The zero-order chi connectivity index (χ0) is 36.5. The molecule has 4 heterocycles. The van der Waals surface area contributed by atoms with Crippen molar-refractivity contribution >= 4 is 22.3 Å². The van der Waals surface area contributed by atoms with E-state index < -0.39 is 27.3 Å². The Balaban J connectivity index is 1.31. The van der Waals surface area contributed by atoms with Gasteiger partial charge >= 0.3 is 22.3 Å². The van der Waals surface area contributed by atoms with Gasteiger partial charge < -0.3 is 19.3 Å². The minimum Gasteiger partial charge on any atom is -0.480 e. The first kappa shape index (κ1) is 37.5. The minimum atomic E-state index is -3.74. The summed E-state index contributed by atoms with van der Waals surface area (Å²) in [6.45, 7) is 11.0. The van der Waals surface area contributed by atoms with Gasteiger partial charge in [-0.1, -0.05) is 31.2 Å². The van der Waals surface area contributed by atoms with Gasteiger partial charge in [0.15, 0.2) is 0 Å². The molecule has 1 amide bonds. The summed E-state index contributed by atoms with van der Waals surface area (Å²) < 4.78 is 35.8. The van der Waals surface area contributed by atoms with Crippen LogP contribution in [-0.2, 0) is 53.0 Å². The number of amides is 1. The van der Waals surface area contributed by atoms with Gasteiger partial charge in [0.25, 0.3) is 0 Å². The largest absolute Gasteiger partial charge is 0.480 e. The molecule has 5 rings (SSSR count). The third kappa shape index (κ3) is 8.06. The number of hydrogen-bond acceptors (Lipinski definition) is 9. The molecule has 2 aliphatic heterocycles. The topological polar surface area (TPSA) is 146 Å². The first-order valence-electron chi connectivity index (χ1n) is 17.1. The number of carbonyl (C=O) groups excluding carboxylic acids is 1. The number of aliphatic carboxylic acids is 1. The lowest BCUT2D eigenvalue weighted by Crippen LogP contribution is -2.49. The third-order valence-electron chi connectivity index (χ3n) is 10.1. The van der Waals surface area contributed by atoms with E-state index in [-0.39, 0.29) is 18.1 Å². The van der Waals surface area contributed by atoms with Crippen LogP contribution in [0.25, 0.3) is 0 Å². The van der Waals surface area contributed by atoms with E-state index >= 15 is 0 Å². The van der Waals surface area contributed by atoms with E-state index in [2.05, 4.69) is 19.8 Å². The van der Waals surface area contributed by atoms with Crippen LogP contribution in [0, 0.1) is 5.41 Å². The van der Waals surface area contributed by atoms with Gasteiger partial charge in [-0.25, -0.2) is 18.7 Å². The summed E-state index contributed by atoms with van der Waals surface area (Å²) in [6.07, 6.45) is 8.74. The summed E-state index contributed by atoms with van der Waals surface area (Å²) in [5, 5.41) is 10.6. The van der Waals surface area contributed by atoms with Crippen LogP contribution in [0.2, 0.25) is 0 Å². The van der Waals surface area contributed by atoms with Crippen LogP contribution in [0.1, 0.15) is 76.2 Å². The monoisotopic (exact) mass is 712 g/mol. The predicted molar refractivity (Wildman–Crippen MR) is 188 cm³/mol. The van der Waals surface area contributed by atoms with Crippen molar-refractivity contribution < 1.29 is 27.9 Å². The molecule has 2 fully saturated rings. The van der Waals surface area contributed by atoms with Crippen molar-refractivity contribution in [2.75, 3.05) is 33.7 Å². The highest BCUT2D eigenvalue weighted by Crippen LogP contribution is 2.50. The number of ether oxygens (including phenoxy) is 1. The number of carboxylic acid groups (broad SMARTS) is 1. The Morgan fingerprint density at radius 1 is 0.960 bits per heavy atom. The Morgan fingerprint density at radius 2 is 1.56 bits per heavy atom. The van der Waals surface area contributed by atoms with Crippen molar-refractivity contribution in [2.24, 2.45) is 12.5 Å². The highest BCUT2D eigenvalue weighted by Gasteiger charge is 2.57. The second-order valence-corrected chi connectivity index (χ2v) is 17.1. The average Bonchev–Trinajstić information content (AvgIpc) is 3.76. The Bertz CT molecular complexity index is 1760. The lowest BCUT2D eigenvalue weighted by Gasteiger charge is -2.39. The molecule has 0 radical (unpaired) electrons. The Morgan fingerprint density at radius 3 is 2.12 bits per heavy atom. The van der Waals surface area contributed by atoms with Crippen LogP contribution in [0.3, 0.4) is 0 Å². The minimum absolute atomic E-state index is 0.190. The SMILES string of the molecule is CC[C@]1(C(=O)O)CC2(CCN(C(=O)OC(C)(C)C)CC2)CN1Cc1ccc(CN(Cc2nccn2C)Cc2nccn2S(=O)(=O)N(C)C)cc1. The molecule has 0 saturated carbocycles. The number of carboxylic acids is 1. The molecule has 0 bridgehead atoms. The van der Waals surface area contributed by atoms with Crippen LogP contribution < -0.4 is 0 Å². The Kier molecular flexibility index (Phi) is 10.8. The molecule has 14 nitrogen and oxygen atoms in total. The molecule has 1 spiro atoms. The number of rotatable bonds is 12. The van der Waals surface area contributed by atoms with E-state index in [0.29, 0.717) is 57.9 Å². The van der Waals surface area contributed by atoms with Crippen molar-refractivity contribution in [3.63, 3.8) is 0 Å². The number of hydrogen-bond donors (Lipinski definition) is 1. The molecular formula is C35H52N8O6S. The van der Waals surface area contributed by atoms with Gasteiger partial charge in [0.2, 0.25) is 0 Å². The zero-order valence-electron chi connectivity index (χ0n) is 30.4. The highest BCUT2D eigenvalue weighted by molar-refractivity contribution is 7.87. The van der Waals surface area contributed by atoms with E-state index in [4.69, 9.17) is 4.74 Å². The standard InChI is InChI=1S/C35H52N8O6S/c1-8-35(31(44)45)25-34(13-17-41(18-14-34)32(46)49-33(2,3)4)26-42(35)22-28-11-9-27(10-12-28)21-40(23-29-36-15-19-39(29)7)24-30-37-16-20-43(30)50(47,48)38(5)6/h9-12,15-16,19-20H,8,13-14,17-18,21-26H2,1-7H3,(H,44,45)/t35-/m1/s1. The molecule has 0 aliphatic carbocycles. The van der Waals surface area contributed by atoms with E-state index in [1.165, 1.54) is 30.5 Å². The van der Waals surface area contributed by atoms with Gasteiger partial charge in [-0.3, -0.25) is 14.6 Å². The smallest absolute Gasteiger partial charge is 0.410 e. The van der Waals surface area contributed by atoms with Gasteiger partial charge in [0, 0.05) is 78.7 Å². The molecular weight excluding hydrogens is 661 g/mol. The van der Waals surface area contributed by atoms with Gasteiger partial charge in [0.1, 0.15) is 22.8 Å². The van der Waals surface area contributed by atoms with E-state index in [0.717, 1.165) is 34.1 Å². The molecule has 2 aliphatic rings. The van der Waals surface area contributed by atoms with Crippen LogP contribution in [-0.4, -0.2) is 108 Å². The first-order valence-corrected chi connectivity index (χ1v) is 18.5. The van der Waals surface area contributed by atoms with Crippen molar-refractivity contribution in [3.05, 3.63) is 71.8 Å². The van der Waals surface area contributed by atoms with Crippen molar-refractivity contribution in [1.82, 2.24) is 37.5 Å². The van der Waals surface area contributed by atoms with Crippen molar-refractivity contribution in [3.8, 4) is 0 Å². The van der Waals surface area contributed by atoms with E-state index in [1.807, 2.05) is 69.8 Å². The molecule has 1 atom stereocenters. The number of imidazole rings is 2. The molecule has 1 aromatic carbocycles. The van der Waals surface area contributed by atoms with Crippen molar-refractivity contribution in [1.29, 1.82) is 0 Å². The molecule has 1 N–H and O–H groups in total. The van der Waals surface area contributed by atoms with E-state index in [1.54, 1.807) is 11.1 Å². The summed E-state index contributed by atoms with van der Waals surface area (Å²) in [6, 6.07) is 8.18. The van der Waals surface area contributed by atoms with Crippen LogP contribution >= 0.6 is 0 Å². The molecule has 2 saturated heterocycles. The number of nitrogens with zero attached hydrogens (tertiary/aromatic N) is 8. The van der Waals surface area contributed by atoms with Crippen LogP contribution in [0.15, 0.2) is 49.1 Å². The summed E-state index contributed by atoms with van der Waals surface area (Å²) in [5.41, 5.74) is 0.288. The third-order valence-corrected chi connectivity index (χ3v) is 11.9. The van der Waals surface area contributed by atoms with Gasteiger partial charge in [-0.05, 0) is 63.0 Å². The number of benzene rings is 1. The molecule has 274 valence electrons. The van der Waals surface area contributed by atoms with Crippen LogP contribution in [0.5, 0.6) is 0 Å². The highest BCUT2D eigenvalue weighted by atomic mass is 32.2. The lowest BCUT2D eigenvalue weighted by atomic mass is 9.73. The maximum Gasteiger partial charge on any atom is 0.410 e. The first-order chi connectivity index (χ1) is 23.5. The normalized spacial score (nSPS) is 19.9. The van der Waals surface area contributed by atoms with Crippen LogP contribution in [0.4, 0.5) is 4.79 Å². The second-order valence-electron chi connectivity index (χ2n) is 15.0.